The van der Waals surface area contributed by atoms with Gasteiger partial charge in [0, 0.05) is 14.1 Å². The Labute approximate surface area is 59.1 Å². The summed E-state index contributed by atoms with van der Waals surface area (Å²) in [6.45, 7) is 0. The molecule has 0 bridgehead atoms. The van der Waals surface area contributed by atoms with E-state index in [-0.39, 0.29) is 0 Å². The topological polar surface area (TPSA) is 101 Å². The Balaban J connectivity index is 3.94. The minimum Gasteiger partial charge on any atom is -0.331 e. The molecule has 0 heterocycles. The molecular weight excluding hydrogens is 155 g/mol. The van der Waals surface area contributed by atoms with Crippen molar-refractivity contribution in [2.45, 2.75) is 0 Å². The molecule has 10 heavy (non-hydrogen) atoms. The van der Waals surface area contributed by atoms with E-state index < -0.39 is 13.6 Å². The van der Waals surface area contributed by atoms with Crippen LogP contribution in [0.4, 0.5) is 4.79 Å². The van der Waals surface area contributed by atoms with Gasteiger partial charge in [-0.05, 0) is 0 Å². The summed E-state index contributed by atoms with van der Waals surface area (Å²) in [6.07, 6.45) is 0. The van der Waals surface area contributed by atoms with Crippen LogP contribution in [0.15, 0.2) is 0 Å². The van der Waals surface area contributed by atoms with Crippen LogP contribution in [0.25, 0.3) is 0 Å². The Morgan fingerprint density at radius 3 is 2.00 bits per heavy atom. The van der Waals surface area contributed by atoms with Crippen LogP contribution < -0.4 is 16.1 Å². The summed E-state index contributed by atoms with van der Waals surface area (Å²) >= 11 is 0. The Morgan fingerprint density at radius 1 is 1.50 bits per heavy atom. The van der Waals surface area contributed by atoms with E-state index in [1.165, 1.54) is 19.0 Å². The van der Waals surface area contributed by atoms with E-state index in [0.717, 1.165) is 0 Å². The van der Waals surface area contributed by atoms with Crippen LogP contribution in [0.1, 0.15) is 0 Å². The molecule has 2 amide bonds. The summed E-state index contributed by atoms with van der Waals surface area (Å²) < 4.78 is 10.5. The highest BCUT2D eigenvalue weighted by Crippen LogP contribution is 2.16. The lowest BCUT2D eigenvalue weighted by atomic mass is 10.9. The van der Waals surface area contributed by atoms with Crippen LogP contribution >= 0.6 is 7.59 Å². The molecule has 0 unspecified atom stereocenters. The fraction of sp³-hybridized carbons (Fsp3) is 0.667. The Kier molecular flexibility index (Phi) is 2.83. The van der Waals surface area contributed by atoms with Crippen molar-refractivity contribution in [3.63, 3.8) is 0 Å². The number of hydrogen-bond acceptors (Lipinski definition) is 2. The highest BCUT2D eigenvalue weighted by atomic mass is 31.2. The molecule has 0 aromatic carbocycles. The molecule has 0 aromatic heterocycles. The second-order valence-corrected chi connectivity index (χ2v) is 3.66. The normalized spacial score (nSPS) is 10.8. The van der Waals surface area contributed by atoms with E-state index >= 15 is 0 Å². The van der Waals surface area contributed by atoms with Crippen molar-refractivity contribution >= 4 is 13.6 Å². The predicted molar refractivity (Wildman–Crippen MR) is 38.2 cm³/mol. The molecule has 0 saturated carbocycles. The largest absolute Gasteiger partial charge is 0.331 e. The van der Waals surface area contributed by atoms with Crippen molar-refractivity contribution in [3.8, 4) is 0 Å². The molecule has 0 aliphatic carbocycles. The van der Waals surface area contributed by atoms with Gasteiger partial charge in [-0.25, -0.2) is 4.79 Å². The first kappa shape index (κ1) is 9.42. The standard InChI is InChI=1S/C3H11N4O2P/c1-7(2)3(8)6-10(4,5)9/h1-2H3,(H5,4,5,6,8,9). The average Bonchev–Trinajstić information content (AvgIpc) is 1.60. The van der Waals surface area contributed by atoms with Crippen LogP contribution in [0.3, 0.4) is 0 Å². The van der Waals surface area contributed by atoms with Crippen molar-refractivity contribution in [3.05, 3.63) is 0 Å². The lowest BCUT2D eigenvalue weighted by Gasteiger charge is -2.13. The summed E-state index contributed by atoms with van der Waals surface area (Å²) in [5, 5.41) is 1.92. The molecule has 0 saturated heterocycles. The van der Waals surface area contributed by atoms with Crippen LogP contribution in [-0.4, -0.2) is 25.0 Å². The summed E-state index contributed by atoms with van der Waals surface area (Å²) in [6, 6.07) is -0.562. The number of hydrogen-bond donors (Lipinski definition) is 3. The number of carbonyl (C=O) groups excluding carboxylic acids is 1. The summed E-state index contributed by atoms with van der Waals surface area (Å²) in [5.41, 5.74) is 9.70. The molecular formula is C3H11N4O2P. The molecule has 0 aliphatic heterocycles. The lowest BCUT2D eigenvalue weighted by molar-refractivity contribution is 0.223. The van der Waals surface area contributed by atoms with Gasteiger partial charge in [0.15, 0.2) is 0 Å². The Hall–Kier alpha value is -0.580. The number of nitrogens with zero attached hydrogens (tertiary/aromatic N) is 1. The van der Waals surface area contributed by atoms with Crippen LogP contribution in [-0.2, 0) is 4.57 Å². The fourth-order valence-electron chi connectivity index (χ4n) is 0.249. The number of amides is 2. The molecule has 6 nitrogen and oxygen atoms in total. The highest BCUT2D eigenvalue weighted by molar-refractivity contribution is 7.57. The summed E-state index contributed by atoms with van der Waals surface area (Å²) in [5.74, 6) is 0. The van der Waals surface area contributed by atoms with E-state index in [2.05, 4.69) is 0 Å². The SMILES string of the molecule is CN(C)C(=O)NP(N)(N)=O. The second-order valence-electron chi connectivity index (χ2n) is 2.02. The van der Waals surface area contributed by atoms with Crippen LogP contribution in [0.5, 0.6) is 0 Å². The Morgan fingerprint density at radius 2 is 1.90 bits per heavy atom. The van der Waals surface area contributed by atoms with Crippen molar-refractivity contribution in [2.75, 3.05) is 14.1 Å². The molecule has 0 aromatic rings. The first-order valence-electron chi connectivity index (χ1n) is 2.49. The predicted octanol–water partition coefficient (Wildman–Crippen LogP) is -0.717. The third-order valence-electron chi connectivity index (χ3n) is 0.677. The van der Waals surface area contributed by atoms with Crippen LogP contribution in [0.2, 0.25) is 0 Å². The van der Waals surface area contributed by atoms with E-state index in [0.29, 0.717) is 0 Å². The van der Waals surface area contributed by atoms with Gasteiger partial charge in [0.05, 0.1) is 0 Å². The first-order chi connectivity index (χ1) is 4.33. The van der Waals surface area contributed by atoms with Gasteiger partial charge >= 0.3 is 13.6 Å². The number of rotatable bonds is 1. The van der Waals surface area contributed by atoms with Gasteiger partial charge in [0.1, 0.15) is 0 Å². The third-order valence-corrected chi connectivity index (χ3v) is 1.22. The molecule has 0 atom stereocenters. The van der Waals surface area contributed by atoms with Crippen molar-refractivity contribution < 1.29 is 9.36 Å². The van der Waals surface area contributed by atoms with E-state index in [4.69, 9.17) is 11.0 Å². The maximum absolute atomic E-state index is 10.6. The van der Waals surface area contributed by atoms with Gasteiger partial charge in [-0.15, -0.1) is 0 Å². The number of urea groups is 1. The minimum absolute atomic E-state index is 0.562. The summed E-state index contributed by atoms with van der Waals surface area (Å²) in [7, 11) is -0.435. The van der Waals surface area contributed by atoms with Gasteiger partial charge in [0.25, 0.3) is 0 Å². The molecule has 0 spiro atoms. The number of nitrogens with one attached hydrogen (secondary N) is 1. The third kappa shape index (κ3) is 4.31. The number of carbonyl (C=O) groups is 1. The zero-order valence-electron chi connectivity index (χ0n) is 5.87. The smallest absolute Gasteiger partial charge is 0.324 e. The van der Waals surface area contributed by atoms with Gasteiger partial charge in [-0.2, -0.15) is 0 Å². The monoisotopic (exact) mass is 166 g/mol. The maximum atomic E-state index is 10.6. The zero-order valence-corrected chi connectivity index (χ0v) is 6.76. The molecule has 60 valence electrons. The maximum Gasteiger partial charge on any atom is 0.324 e. The molecule has 7 heteroatoms. The van der Waals surface area contributed by atoms with Gasteiger partial charge in [-0.1, -0.05) is 0 Å². The van der Waals surface area contributed by atoms with E-state index in [9.17, 15) is 9.36 Å². The lowest BCUT2D eigenvalue weighted by Crippen LogP contribution is -2.36. The quantitative estimate of drug-likeness (QED) is 0.447. The molecule has 0 aliphatic rings. The zero-order chi connectivity index (χ0) is 8.36. The number of nitrogens with two attached hydrogens (primary N) is 2. The fourth-order valence-corrected chi connectivity index (χ4v) is 0.748. The molecule has 0 fully saturated rings. The van der Waals surface area contributed by atoms with Gasteiger partial charge in [0.2, 0.25) is 0 Å². The molecule has 0 radical (unpaired) electrons. The molecule has 5 N–H and O–H groups in total. The highest BCUT2D eigenvalue weighted by Gasteiger charge is 2.13. The second kappa shape index (κ2) is 3.01. The van der Waals surface area contributed by atoms with Crippen molar-refractivity contribution in [1.82, 2.24) is 9.99 Å². The summed E-state index contributed by atoms with van der Waals surface area (Å²) in [4.78, 5) is 11.8. The van der Waals surface area contributed by atoms with E-state index in [1.807, 2.05) is 5.09 Å². The van der Waals surface area contributed by atoms with E-state index in [1.54, 1.807) is 0 Å². The van der Waals surface area contributed by atoms with Crippen LogP contribution in [0, 0.1) is 0 Å². The van der Waals surface area contributed by atoms with Gasteiger partial charge < -0.3 is 4.90 Å². The average molecular weight is 166 g/mol. The van der Waals surface area contributed by atoms with Crippen molar-refractivity contribution in [1.29, 1.82) is 0 Å². The van der Waals surface area contributed by atoms with Crippen molar-refractivity contribution in [2.24, 2.45) is 11.0 Å². The minimum atomic E-state index is -3.42. The Bertz CT molecular complexity index is 173. The van der Waals surface area contributed by atoms with Gasteiger partial charge in [-0.3, -0.25) is 20.7 Å². The first-order valence-corrected chi connectivity index (χ1v) is 4.34. The molecule has 0 rings (SSSR count).